The van der Waals surface area contributed by atoms with Crippen molar-refractivity contribution in [3.8, 4) is 0 Å². The van der Waals surface area contributed by atoms with Gasteiger partial charge in [-0.3, -0.25) is 4.79 Å². The maximum Gasteiger partial charge on any atom is 0.325 e. The second-order valence-electron chi connectivity index (χ2n) is 4.59. The van der Waals surface area contributed by atoms with E-state index in [1.165, 1.54) is 25.7 Å². The van der Waals surface area contributed by atoms with E-state index in [1.54, 1.807) is 0 Å². The molecule has 0 saturated heterocycles. The van der Waals surface area contributed by atoms with Crippen LogP contribution in [0.2, 0.25) is 0 Å². The number of rotatable bonds is 9. The van der Waals surface area contributed by atoms with E-state index in [0.717, 1.165) is 13.0 Å². The molecule has 0 aliphatic heterocycles. The van der Waals surface area contributed by atoms with Crippen LogP contribution in [0, 0.1) is 0 Å². The first-order chi connectivity index (χ1) is 8.00. The first-order valence-corrected chi connectivity index (χ1v) is 7.50. The summed E-state index contributed by atoms with van der Waals surface area (Å²) in [6.45, 7) is 9.09. The van der Waals surface area contributed by atoms with Crippen LogP contribution in [0.4, 0.5) is 0 Å². The molecule has 4 heteroatoms. The van der Waals surface area contributed by atoms with Gasteiger partial charge < -0.3 is 10.1 Å². The Morgan fingerprint density at radius 1 is 1.47 bits per heavy atom. The Morgan fingerprint density at radius 2 is 2.12 bits per heavy atom. The van der Waals surface area contributed by atoms with Crippen LogP contribution in [0.25, 0.3) is 0 Å². The highest BCUT2D eigenvalue weighted by molar-refractivity contribution is 7.99. The minimum Gasteiger partial charge on any atom is -0.468 e. The van der Waals surface area contributed by atoms with Crippen LogP contribution in [-0.2, 0) is 9.53 Å². The Kier molecular flexibility index (Phi) is 8.70. The summed E-state index contributed by atoms with van der Waals surface area (Å²) in [5, 5.41) is 3.71. The van der Waals surface area contributed by atoms with Crippen LogP contribution in [0.15, 0.2) is 0 Å². The molecular weight excluding hydrogens is 234 g/mol. The Balaban J connectivity index is 4.27. The molecule has 0 amide bonds. The SMILES string of the molecule is CCCCSC(C)CC(C)(NCC)C(=O)OC. The first-order valence-electron chi connectivity index (χ1n) is 6.45. The van der Waals surface area contributed by atoms with Crippen molar-refractivity contribution >= 4 is 17.7 Å². The van der Waals surface area contributed by atoms with Crippen LogP contribution in [0.5, 0.6) is 0 Å². The first kappa shape index (κ1) is 16.8. The highest BCUT2D eigenvalue weighted by Crippen LogP contribution is 2.23. The average Bonchev–Trinajstić information content (AvgIpc) is 2.28. The summed E-state index contributed by atoms with van der Waals surface area (Å²) >= 11 is 1.93. The molecule has 0 heterocycles. The molecule has 102 valence electrons. The molecule has 2 atom stereocenters. The molecule has 0 fully saturated rings. The maximum atomic E-state index is 11.8. The lowest BCUT2D eigenvalue weighted by atomic mass is 9.96. The van der Waals surface area contributed by atoms with Crippen molar-refractivity contribution < 1.29 is 9.53 Å². The molecule has 0 saturated carbocycles. The summed E-state index contributed by atoms with van der Waals surface area (Å²) in [7, 11) is 1.45. The molecular formula is C13H27NO2S. The van der Waals surface area contributed by atoms with Crippen LogP contribution >= 0.6 is 11.8 Å². The number of likely N-dealkylation sites (N-methyl/N-ethyl adjacent to an activating group) is 1. The van der Waals surface area contributed by atoms with E-state index < -0.39 is 5.54 Å². The standard InChI is InChI=1S/C13H27NO2S/c1-6-8-9-17-11(3)10-13(4,14-7-2)12(15)16-5/h11,14H,6-10H2,1-5H3. The van der Waals surface area contributed by atoms with Gasteiger partial charge in [0.2, 0.25) is 0 Å². The van der Waals surface area contributed by atoms with Crippen LogP contribution < -0.4 is 5.32 Å². The van der Waals surface area contributed by atoms with Crippen molar-refractivity contribution in [1.82, 2.24) is 5.32 Å². The predicted octanol–water partition coefficient (Wildman–Crippen LogP) is 2.84. The number of methoxy groups -OCH3 is 1. The smallest absolute Gasteiger partial charge is 0.325 e. The van der Waals surface area contributed by atoms with Crippen molar-refractivity contribution in [2.75, 3.05) is 19.4 Å². The minimum atomic E-state index is -0.553. The molecule has 1 N–H and O–H groups in total. The molecule has 0 aromatic heterocycles. The normalized spacial score (nSPS) is 16.3. The minimum absolute atomic E-state index is 0.165. The second kappa shape index (κ2) is 8.81. The van der Waals surface area contributed by atoms with Crippen LogP contribution in [0.1, 0.15) is 47.0 Å². The van der Waals surface area contributed by atoms with E-state index in [0.29, 0.717) is 5.25 Å². The molecule has 2 unspecified atom stereocenters. The third-order valence-electron chi connectivity index (χ3n) is 2.80. The van der Waals surface area contributed by atoms with Crippen molar-refractivity contribution in [2.24, 2.45) is 0 Å². The number of carbonyl (C=O) groups is 1. The van der Waals surface area contributed by atoms with Gasteiger partial charge in [0.05, 0.1) is 7.11 Å². The fraction of sp³-hybridized carbons (Fsp3) is 0.923. The van der Waals surface area contributed by atoms with E-state index in [1.807, 2.05) is 25.6 Å². The van der Waals surface area contributed by atoms with Gasteiger partial charge >= 0.3 is 5.97 Å². The summed E-state index contributed by atoms with van der Waals surface area (Å²) < 4.78 is 4.88. The molecule has 3 nitrogen and oxygen atoms in total. The summed E-state index contributed by atoms with van der Waals surface area (Å²) in [4.78, 5) is 11.8. The van der Waals surface area contributed by atoms with E-state index in [4.69, 9.17) is 4.74 Å². The number of carbonyl (C=O) groups excluding carboxylic acids is 1. The Labute approximate surface area is 110 Å². The summed E-state index contributed by atoms with van der Waals surface area (Å²) in [6, 6.07) is 0. The quantitative estimate of drug-likeness (QED) is 0.511. The monoisotopic (exact) mass is 261 g/mol. The zero-order valence-corrected chi connectivity index (χ0v) is 12.7. The molecule has 0 spiro atoms. The molecule has 0 radical (unpaired) electrons. The fourth-order valence-corrected chi connectivity index (χ4v) is 3.21. The summed E-state index contributed by atoms with van der Waals surface area (Å²) in [5.74, 6) is 1.00. The zero-order valence-electron chi connectivity index (χ0n) is 11.8. The fourth-order valence-electron chi connectivity index (χ4n) is 1.91. The van der Waals surface area contributed by atoms with Gasteiger partial charge in [-0.25, -0.2) is 0 Å². The predicted molar refractivity (Wildman–Crippen MR) is 75.5 cm³/mol. The molecule has 17 heavy (non-hydrogen) atoms. The molecule has 0 bridgehead atoms. The number of thioether (sulfide) groups is 1. The Bertz CT molecular complexity index is 223. The van der Waals surface area contributed by atoms with E-state index >= 15 is 0 Å². The molecule has 0 aromatic rings. The van der Waals surface area contributed by atoms with E-state index in [2.05, 4.69) is 19.2 Å². The van der Waals surface area contributed by atoms with Gasteiger partial charge in [-0.1, -0.05) is 27.2 Å². The van der Waals surface area contributed by atoms with Gasteiger partial charge in [-0.15, -0.1) is 0 Å². The maximum absolute atomic E-state index is 11.8. The average molecular weight is 261 g/mol. The Hall–Kier alpha value is -0.220. The molecule has 0 aromatic carbocycles. The molecule has 0 aliphatic carbocycles. The zero-order chi connectivity index (χ0) is 13.3. The molecule has 0 rings (SSSR count). The van der Waals surface area contributed by atoms with Crippen molar-refractivity contribution in [1.29, 1.82) is 0 Å². The van der Waals surface area contributed by atoms with Gasteiger partial charge in [0, 0.05) is 5.25 Å². The highest BCUT2D eigenvalue weighted by Gasteiger charge is 2.34. The number of esters is 1. The van der Waals surface area contributed by atoms with Crippen molar-refractivity contribution in [2.45, 2.75) is 57.7 Å². The lowest BCUT2D eigenvalue weighted by Gasteiger charge is -2.30. The van der Waals surface area contributed by atoms with Gasteiger partial charge in [0.1, 0.15) is 5.54 Å². The van der Waals surface area contributed by atoms with Gasteiger partial charge in [-0.2, -0.15) is 11.8 Å². The summed E-state index contributed by atoms with van der Waals surface area (Å²) in [5.41, 5.74) is -0.553. The second-order valence-corrected chi connectivity index (χ2v) is 6.14. The van der Waals surface area contributed by atoms with Crippen LogP contribution in [0.3, 0.4) is 0 Å². The van der Waals surface area contributed by atoms with E-state index in [9.17, 15) is 4.79 Å². The summed E-state index contributed by atoms with van der Waals surface area (Å²) in [6.07, 6.45) is 3.27. The number of unbranched alkanes of at least 4 members (excludes halogenated alkanes) is 1. The van der Waals surface area contributed by atoms with E-state index in [-0.39, 0.29) is 5.97 Å². The topological polar surface area (TPSA) is 38.3 Å². The van der Waals surface area contributed by atoms with Gasteiger partial charge in [0.25, 0.3) is 0 Å². The lowest BCUT2D eigenvalue weighted by molar-refractivity contribution is -0.148. The van der Waals surface area contributed by atoms with Gasteiger partial charge in [0.15, 0.2) is 0 Å². The number of nitrogens with one attached hydrogen (secondary N) is 1. The number of hydrogen-bond donors (Lipinski definition) is 1. The van der Waals surface area contributed by atoms with Crippen molar-refractivity contribution in [3.63, 3.8) is 0 Å². The molecule has 0 aliphatic rings. The van der Waals surface area contributed by atoms with Crippen molar-refractivity contribution in [3.05, 3.63) is 0 Å². The Morgan fingerprint density at radius 3 is 2.59 bits per heavy atom. The highest BCUT2D eigenvalue weighted by atomic mass is 32.2. The largest absolute Gasteiger partial charge is 0.468 e. The van der Waals surface area contributed by atoms with Gasteiger partial charge in [-0.05, 0) is 32.1 Å². The number of hydrogen-bond acceptors (Lipinski definition) is 4. The van der Waals surface area contributed by atoms with Crippen LogP contribution in [-0.4, -0.2) is 36.2 Å². The number of ether oxygens (including phenoxy) is 1. The third-order valence-corrected chi connectivity index (χ3v) is 4.06. The third kappa shape index (κ3) is 6.32. The lowest BCUT2D eigenvalue weighted by Crippen LogP contribution is -2.51.